The van der Waals surface area contributed by atoms with Gasteiger partial charge in [0.1, 0.15) is 11.3 Å². The van der Waals surface area contributed by atoms with Gasteiger partial charge in [0.15, 0.2) is 0 Å². The molecule has 150 valence electrons. The fourth-order valence-electron chi connectivity index (χ4n) is 3.68. The number of furan rings is 1. The Morgan fingerprint density at radius 1 is 1.25 bits per heavy atom. The summed E-state index contributed by atoms with van der Waals surface area (Å²) in [7, 11) is 1.62. The third-order valence-electron chi connectivity index (χ3n) is 5.72. The summed E-state index contributed by atoms with van der Waals surface area (Å²) in [5.74, 6) is 0.923. The average Bonchev–Trinajstić information content (AvgIpc) is 3.45. The highest BCUT2D eigenvalue weighted by atomic mass is 16.5. The molecule has 0 spiro atoms. The molecule has 28 heavy (non-hydrogen) atoms. The molecular formula is C21H27N3O4. The molecule has 1 aliphatic heterocycles. The number of nitrogens with zero attached hydrogens (tertiary/aromatic N) is 2. The summed E-state index contributed by atoms with van der Waals surface area (Å²) >= 11 is 0. The lowest BCUT2D eigenvalue weighted by atomic mass is 10.1. The van der Waals surface area contributed by atoms with E-state index in [2.05, 4.69) is 10.2 Å². The molecule has 2 fully saturated rings. The Kier molecular flexibility index (Phi) is 5.26. The van der Waals surface area contributed by atoms with Gasteiger partial charge in [-0.1, -0.05) is 0 Å². The van der Waals surface area contributed by atoms with Crippen LogP contribution in [-0.2, 0) is 16.0 Å². The summed E-state index contributed by atoms with van der Waals surface area (Å²) in [5, 5.41) is 4.00. The first-order chi connectivity index (χ1) is 13.5. The number of rotatable bonds is 6. The van der Waals surface area contributed by atoms with E-state index in [1.807, 2.05) is 30.0 Å². The van der Waals surface area contributed by atoms with Crippen LogP contribution in [0.15, 0.2) is 28.9 Å². The van der Waals surface area contributed by atoms with Crippen molar-refractivity contribution in [2.24, 2.45) is 0 Å². The molecule has 2 aromatic rings. The summed E-state index contributed by atoms with van der Waals surface area (Å²) in [5.41, 5.74) is 1.62. The van der Waals surface area contributed by atoms with Crippen LogP contribution in [0.4, 0.5) is 0 Å². The number of piperazine rings is 1. The van der Waals surface area contributed by atoms with Crippen molar-refractivity contribution < 1.29 is 18.7 Å². The highest BCUT2D eigenvalue weighted by Crippen LogP contribution is 2.26. The number of carbonyl (C=O) groups is 2. The van der Waals surface area contributed by atoms with Gasteiger partial charge in [-0.25, -0.2) is 0 Å². The van der Waals surface area contributed by atoms with Crippen molar-refractivity contribution >= 4 is 22.8 Å². The highest BCUT2D eigenvalue weighted by molar-refractivity contribution is 5.88. The summed E-state index contributed by atoms with van der Waals surface area (Å²) in [4.78, 5) is 29.0. The number of nitrogens with one attached hydrogen (secondary N) is 1. The van der Waals surface area contributed by atoms with Crippen LogP contribution >= 0.6 is 0 Å². The van der Waals surface area contributed by atoms with Gasteiger partial charge >= 0.3 is 0 Å². The van der Waals surface area contributed by atoms with Gasteiger partial charge < -0.3 is 19.4 Å². The smallest absolute Gasteiger partial charge is 0.237 e. The van der Waals surface area contributed by atoms with Crippen LogP contribution in [0.2, 0.25) is 0 Å². The van der Waals surface area contributed by atoms with Gasteiger partial charge in [-0.05, 0) is 31.9 Å². The molecule has 7 nitrogen and oxygen atoms in total. The van der Waals surface area contributed by atoms with Crippen LogP contribution in [0.25, 0.3) is 11.0 Å². The Morgan fingerprint density at radius 3 is 2.68 bits per heavy atom. The monoisotopic (exact) mass is 385 g/mol. The topological polar surface area (TPSA) is 75.0 Å². The first-order valence-electron chi connectivity index (χ1n) is 9.91. The van der Waals surface area contributed by atoms with Gasteiger partial charge in [-0.3, -0.25) is 14.5 Å². The quantitative estimate of drug-likeness (QED) is 0.821. The van der Waals surface area contributed by atoms with Crippen molar-refractivity contribution in [3.05, 3.63) is 30.0 Å². The number of ether oxygens (including phenoxy) is 1. The van der Waals surface area contributed by atoms with E-state index in [1.54, 1.807) is 13.4 Å². The van der Waals surface area contributed by atoms with E-state index in [0.29, 0.717) is 38.6 Å². The summed E-state index contributed by atoms with van der Waals surface area (Å²) in [6.45, 7) is 4.66. The van der Waals surface area contributed by atoms with E-state index in [0.717, 1.165) is 35.1 Å². The zero-order valence-corrected chi connectivity index (χ0v) is 16.4. The van der Waals surface area contributed by atoms with Crippen molar-refractivity contribution in [3.8, 4) is 5.75 Å². The molecule has 1 saturated carbocycles. The van der Waals surface area contributed by atoms with Gasteiger partial charge in [-0.15, -0.1) is 0 Å². The fraction of sp³-hybridized carbons (Fsp3) is 0.524. The van der Waals surface area contributed by atoms with E-state index in [-0.39, 0.29) is 17.9 Å². The van der Waals surface area contributed by atoms with Gasteiger partial charge in [-0.2, -0.15) is 0 Å². The molecule has 2 aliphatic rings. The van der Waals surface area contributed by atoms with Gasteiger partial charge in [0.2, 0.25) is 11.8 Å². The van der Waals surface area contributed by atoms with E-state index < -0.39 is 0 Å². The summed E-state index contributed by atoms with van der Waals surface area (Å²) in [6, 6.07) is 5.86. The molecule has 1 unspecified atom stereocenters. The SMILES string of the molecule is COc1ccc2c(CC(=O)N3CCN(C(C)C(=O)NC4CC4)CC3)coc2c1. The summed E-state index contributed by atoms with van der Waals surface area (Å²) < 4.78 is 10.8. The maximum absolute atomic E-state index is 12.8. The maximum Gasteiger partial charge on any atom is 0.237 e. The molecule has 2 heterocycles. The Morgan fingerprint density at radius 2 is 2.00 bits per heavy atom. The van der Waals surface area contributed by atoms with Crippen LogP contribution < -0.4 is 10.1 Å². The van der Waals surface area contributed by atoms with Gasteiger partial charge in [0.25, 0.3) is 0 Å². The Labute approximate surface area is 164 Å². The first kappa shape index (κ1) is 18.8. The van der Waals surface area contributed by atoms with E-state index in [1.165, 1.54) is 0 Å². The van der Waals surface area contributed by atoms with Gasteiger partial charge in [0.05, 0.1) is 25.8 Å². The number of methoxy groups -OCH3 is 1. The standard InChI is InChI=1S/C21H27N3O4/c1-14(21(26)22-16-3-4-16)23-7-9-24(10-8-23)20(25)11-15-13-28-19-12-17(27-2)5-6-18(15)19/h5-6,12-14,16H,3-4,7-11H2,1-2H3,(H,22,26). The number of amides is 2. The Hall–Kier alpha value is -2.54. The van der Waals surface area contributed by atoms with Crippen LogP contribution in [0.5, 0.6) is 5.75 Å². The predicted molar refractivity (Wildman–Crippen MR) is 105 cm³/mol. The van der Waals surface area contributed by atoms with Crippen molar-refractivity contribution in [3.63, 3.8) is 0 Å². The minimum absolute atomic E-state index is 0.0910. The molecule has 1 aromatic carbocycles. The molecule has 1 aliphatic carbocycles. The number of hydrogen-bond acceptors (Lipinski definition) is 5. The molecule has 1 N–H and O–H groups in total. The fourth-order valence-corrected chi connectivity index (χ4v) is 3.68. The van der Waals surface area contributed by atoms with Crippen LogP contribution in [0.1, 0.15) is 25.3 Å². The van der Waals surface area contributed by atoms with Crippen LogP contribution in [-0.4, -0.2) is 67.0 Å². The number of carbonyl (C=O) groups excluding carboxylic acids is 2. The molecule has 0 radical (unpaired) electrons. The third kappa shape index (κ3) is 3.99. The van der Waals surface area contributed by atoms with Gasteiger partial charge in [0, 0.05) is 49.2 Å². The second kappa shape index (κ2) is 7.83. The largest absolute Gasteiger partial charge is 0.497 e. The second-order valence-corrected chi connectivity index (χ2v) is 7.68. The highest BCUT2D eigenvalue weighted by Gasteiger charge is 2.31. The van der Waals surface area contributed by atoms with Crippen molar-refractivity contribution in [2.45, 2.75) is 38.3 Å². The van der Waals surface area contributed by atoms with Crippen molar-refractivity contribution in [1.82, 2.24) is 15.1 Å². The van der Waals surface area contributed by atoms with E-state index in [4.69, 9.17) is 9.15 Å². The Bertz CT molecular complexity index is 866. The van der Waals surface area contributed by atoms with Crippen LogP contribution in [0, 0.1) is 0 Å². The number of benzene rings is 1. The zero-order chi connectivity index (χ0) is 19.7. The molecule has 1 aromatic heterocycles. The van der Waals surface area contributed by atoms with Crippen molar-refractivity contribution in [2.75, 3.05) is 33.3 Å². The van der Waals surface area contributed by atoms with Crippen LogP contribution in [0.3, 0.4) is 0 Å². The summed E-state index contributed by atoms with van der Waals surface area (Å²) in [6.07, 6.45) is 4.16. The molecule has 1 saturated heterocycles. The van der Waals surface area contributed by atoms with E-state index in [9.17, 15) is 9.59 Å². The lowest BCUT2D eigenvalue weighted by molar-refractivity contribution is -0.133. The molecule has 7 heteroatoms. The molecular weight excluding hydrogens is 358 g/mol. The molecule has 0 bridgehead atoms. The predicted octanol–water partition coefficient (Wildman–Crippen LogP) is 1.80. The number of fused-ring (bicyclic) bond motifs is 1. The number of hydrogen-bond donors (Lipinski definition) is 1. The minimum atomic E-state index is -0.148. The normalized spacial score (nSPS) is 18.9. The minimum Gasteiger partial charge on any atom is -0.497 e. The molecule has 1 atom stereocenters. The van der Waals surface area contributed by atoms with E-state index >= 15 is 0 Å². The lowest BCUT2D eigenvalue weighted by Gasteiger charge is -2.37. The lowest BCUT2D eigenvalue weighted by Crippen LogP contribution is -2.55. The maximum atomic E-state index is 12.8. The zero-order valence-electron chi connectivity index (χ0n) is 16.4. The Balaban J connectivity index is 1.32. The second-order valence-electron chi connectivity index (χ2n) is 7.68. The van der Waals surface area contributed by atoms with Crippen molar-refractivity contribution in [1.29, 1.82) is 0 Å². The average molecular weight is 385 g/mol. The molecule has 2 amide bonds. The third-order valence-corrected chi connectivity index (χ3v) is 5.72. The molecule has 4 rings (SSSR count). The first-order valence-corrected chi connectivity index (χ1v) is 9.91.